The molecule has 1 saturated heterocycles. The van der Waals surface area contributed by atoms with Gasteiger partial charge in [-0.1, -0.05) is 19.1 Å². The Bertz CT molecular complexity index is 412. The first-order chi connectivity index (χ1) is 9.28. The molecular formula is C15H23NO2S. The molecule has 1 aromatic carbocycles. The standard InChI is InChI=1S/C15H23NO2S/c1-2-8-18-15-5-3-4-13(11-15)12-16-14-6-9-19(17)10-7-14/h3-5,11,14,16H,2,6-10,12H2,1H3. The van der Waals surface area contributed by atoms with E-state index < -0.39 is 10.8 Å². The zero-order valence-corrected chi connectivity index (χ0v) is 12.4. The summed E-state index contributed by atoms with van der Waals surface area (Å²) < 4.78 is 16.9. The fourth-order valence-electron chi connectivity index (χ4n) is 2.23. The molecule has 0 unspecified atom stereocenters. The predicted octanol–water partition coefficient (Wildman–Crippen LogP) is 2.48. The summed E-state index contributed by atoms with van der Waals surface area (Å²) in [5, 5.41) is 3.55. The summed E-state index contributed by atoms with van der Waals surface area (Å²) in [4.78, 5) is 0. The van der Waals surface area contributed by atoms with Crippen molar-refractivity contribution in [2.24, 2.45) is 0 Å². The van der Waals surface area contributed by atoms with Crippen molar-refractivity contribution in [2.45, 2.75) is 38.8 Å². The summed E-state index contributed by atoms with van der Waals surface area (Å²) >= 11 is 0. The predicted molar refractivity (Wildman–Crippen MR) is 80.0 cm³/mol. The molecule has 1 aliphatic heterocycles. The van der Waals surface area contributed by atoms with Crippen LogP contribution in [0, 0.1) is 0 Å². The summed E-state index contributed by atoms with van der Waals surface area (Å²) in [5.74, 6) is 2.64. The van der Waals surface area contributed by atoms with Crippen LogP contribution in [0.5, 0.6) is 5.75 Å². The Morgan fingerprint density at radius 3 is 2.89 bits per heavy atom. The Balaban J connectivity index is 1.80. The number of hydrogen-bond donors (Lipinski definition) is 1. The van der Waals surface area contributed by atoms with Gasteiger partial charge in [-0.05, 0) is 37.0 Å². The first-order valence-corrected chi connectivity index (χ1v) is 8.57. The van der Waals surface area contributed by atoms with Gasteiger partial charge in [-0.25, -0.2) is 0 Å². The topological polar surface area (TPSA) is 38.3 Å². The van der Waals surface area contributed by atoms with E-state index in [0.29, 0.717) is 6.04 Å². The summed E-state index contributed by atoms with van der Waals surface area (Å²) in [6.07, 6.45) is 3.08. The van der Waals surface area contributed by atoms with Crippen LogP contribution in [0.4, 0.5) is 0 Å². The minimum atomic E-state index is -0.576. The molecule has 0 radical (unpaired) electrons. The third-order valence-corrected chi connectivity index (χ3v) is 4.74. The maximum atomic E-state index is 11.3. The van der Waals surface area contributed by atoms with Gasteiger partial charge in [0.1, 0.15) is 5.75 Å². The molecule has 1 aromatic rings. The number of hydrogen-bond acceptors (Lipinski definition) is 3. The van der Waals surface area contributed by atoms with Crippen molar-refractivity contribution in [1.82, 2.24) is 5.32 Å². The summed E-state index contributed by atoms with van der Waals surface area (Å²) in [7, 11) is -0.576. The van der Waals surface area contributed by atoms with Gasteiger partial charge < -0.3 is 10.1 Å². The van der Waals surface area contributed by atoms with Crippen molar-refractivity contribution in [3.63, 3.8) is 0 Å². The highest BCUT2D eigenvalue weighted by Gasteiger charge is 2.16. The van der Waals surface area contributed by atoms with Gasteiger partial charge in [0.15, 0.2) is 0 Å². The Labute approximate surface area is 118 Å². The second-order valence-corrected chi connectivity index (χ2v) is 6.70. The van der Waals surface area contributed by atoms with E-state index in [9.17, 15) is 4.21 Å². The zero-order valence-electron chi connectivity index (χ0n) is 11.6. The van der Waals surface area contributed by atoms with Gasteiger partial charge in [-0.15, -0.1) is 0 Å². The van der Waals surface area contributed by atoms with Crippen LogP contribution in [-0.2, 0) is 17.3 Å². The molecule has 3 nitrogen and oxygen atoms in total. The van der Waals surface area contributed by atoms with Gasteiger partial charge in [0, 0.05) is 34.9 Å². The van der Waals surface area contributed by atoms with E-state index in [-0.39, 0.29) is 0 Å². The maximum Gasteiger partial charge on any atom is 0.119 e. The molecule has 19 heavy (non-hydrogen) atoms. The molecule has 0 bridgehead atoms. The Morgan fingerprint density at radius 2 is 2.16 bits per heavy atom. The average molecular weight is 281 g/mol. The quantitative estimate of drug-likeness (QED) is 0.870. The number of benzene rings is 1. The Hall–Kier alpha value is -0.870. The van der Waals surface area contributed by atoms with Crippen LogP contribution < -0.4 is 10.1 Å². The first kappa shape index (κ1) is 14.5. The minimum absolute atomic E-state index is 0.512. The molecule has 2 rings (SSSR count). The van der Waals surface area contributed by atoms with Crippen molar-refractivity contribution in [1.29, 1.82) is 0 Å². The largest absolute Gasteiger partial charge is 0.494 e. The van der Waals surface area contributed by atoms with E-state index in [1.807, 2.05) is 12.1 Å². The van der Waals surface area contributed by atoms with Gasteiger partial charge >= 0.3 is 0 Å². The van der Waals surface area contributed by atoms with Gasteiger partial charge in [0.05, 0.1) is 6.61 Å². The van der Waals surface area contributed by atoms with E-state index in [1.54, 1.807) is 0 Å². The number of ether oxygens (including phenoxy) is 1. The van der Waals surface area contributed by atoms with E-state index >= 15 is 0 Å². The highest BCUT2D eigenvalue weighted by Crippen LogP contribution is 2.15. The highest BCUT2D eigenvalue weighted by molar-refractivity contribution is 7.85. The maximum absolute atomic E-state index is 11.3. The third-order valence-electron chi connectivity index (χ3n) is 3.35. The molecule has 0 amide bonds. The van der Waals surface area contributed by atoms with Crippen LogP contribution >= 0.6 is 0 Å². The lowest BCUT2D eigenvalue weighted by molar-refractivity contribution is 0.317. The lowest BCUT2D eigenvalue weighted by Gasteiger charge is -2.22. The van der Waals surface area contributed by atoms with E-state index in [1.165, 1.54) is 5.56 Å². The molecular weight excluding hydrogens is 258 g/mol. The zero-order chi connectivity index (χ0) is 13.5. The van der Waals surface area contributed by atoms with E-state index in [2.05, 4.69) is 24.4 Å². The lowest BCUT2D eigenvalue weighted by Crippen LogP contribution is -2.35. The highest BCUT2D eigenvalue weighted by atomic mass is 32.2. The Kier molecular flexibility index (Phi) is 5.86. The van der Waals surface area contributed by atoms with Crippen LogP contribution in [-0.4, -0.2) is 28.4 Å². The van der Waals surface area contributed by atoms with Gasteiger partial charge in [0.25, 0.3) is 0 Å². The first-order valence-electron chi connectivity index (χ1n) is 7.08. The van der Waals surface area contributed by atoms with Crippen LogP contribution in [0.15, 0.2) is 24.3 Å². The van der Waals surface area contributed by atoms with Gasteiger partial charge in [-0.3, -0.25) is 4.21 Å². The summed E-state index contributed by atoms with van der Waals surface area (Å²) in [5.41, 5.74) is 1.25. The molecule has 1 fully saturated rings. The average Bonchev–Trinajstić information content (AvgIpc) is 2.45. The lowest BCUT2D eigenvalue weighted by atomic mass is 10.1. The smallest absolute Gasteiger partial charge is 0.119 e. The molecule has 106 valence electrons. The SMILES string of the molecule is CCCOc1cccc(CNC2CCS(=O)CC2)c1. The molecule has 1 N–H and O–H groups in total. The van der Waals surface area contributed by atoms with Crippen molar-refractivity contribution in [2.75, 3.05) is 18.1 Å². The van der Waals surface area contributed by atoms with Crippen molar-refractivity contribution >= 4 is 10.8 Å². The molecule has 4 heteroatoms. The molecule has 0 aliphatic carbocycles. The van der Waals surface area contributed by atoms with Crippen LogP contribution in [0.2, 0.25) is 0 Å². The molecule has 1 aliphatic rings. The van der Waals surface area contributed by atoms with Crippen LogP contribution in [0.3, 0.4) is 0 Å². The molecule has 1 heterocycles. The van der Waals surface area contributed by atoms with Gasteiger partial charge in [-0.2, -0.15) is 0 Å². The van der Waals surface area contributed by atoms with E-state index in [4.69, 9.17) is 4.74 Å². The fourth-order valence-corrected chi connectivity index (χ4v) is 3.52. The second-order valence-electron chi connectivity index (χ2n) is 5.00. The third kappa shape index (κ3) is 4.96. The fraction of sp³-hybridized carbons (Fsp3) is 0.600. The minimum Gasteiger partial charge on any atom is -0.494 e. The van der Waals surface area contributed by atoms with Crippen LogP contribution in [0.1, 0.15) is 31.7 Å². The van der Waals surface area contributed by atoms with Crippen molar-refractivity contribution in [3.8, 4) is 5.75 Å². The second kappa shape index (κ2) is 7.65. The van der Waals surface area contributed by atoms with Gasteiger partial charge in [0.2, 0.25) is 0 Å². The number of nitrogens with one attached hydrogen (secondary N) is 1. The monoisotopic (exact) mass is 281 g/mol. The summed E-state index contributed by atoms with van der Waals surface area (Å²) in [6.45, 7) is 3.74. The summed E-state index contributed by atoms with van der Waals surface area (Å²) in [6, 6.07) is 8.77. The molecule has 0 aromatic heterocycles. The molecule has 0 atom stereocenters. The Morgan fingerprint density at radius 1 is 1.37 bits per heavy atom. The van der Waals surface area contributed by atoms with Crippen LogP contribution in [0.25, 0.3) is 0 Å². The van der Waals surface area contributed by atoms with Crippen molar-refractivity contribution < 1.29 is 8.95 Å². The van der Waals surface area contributed by atoms with E-state index in [0.717, 1.165) is 49.7 Å². The normalized spacial score (nSPS) is 23.2. The van der Waals surface area contributed by atoms with Crippen molar-refractivity contribution in [3.05, 3.63) is 29.8 Å². The number of rotatable bonds is 6. The molecule has 0 spiro atoms. The molecule has 0 saturated carbocycles.